The van der Waals surface area contributed by atoms with Crippen LogP contribution >= 0.6 is 0 Å². The molecule has 2 heteroatoms. The van der Waals surface area contributed by atoms with Gasteiger partial charge in [-0.05, 0) is 18.9 Å². The van der Waals surface area contributed by atoms with Gasteiger partial charge in [-0.15, -0.1) is 0 Å². The van der Waals surface area contributed by atoms with E-state index in [4.69, 9.17) is 0 Å². The fraction of sp³-hybridized carbons (Fsp3) is 0.818. The molecule has 0 aromatic heterocycles. The van der Waals surface area contributed by atoms with Gasteiger partial charge >= 0.3 is 0 Å². The van der Waals surface area contributed by atoms with Crippen molar-refractivity contribution in [1.29, 1.82) is 0 Å². The number of rotatable bonds is 6. The lowest BCUT2D eigenvalue weighted by molar-refractivity contribution is -0.864. The zero-order valence-electron chi connectivity index (χ0n) is 9.52. The van der Waals surface area contributed by atoms with Crippen LogP contribution in [-0.2, 0) is 0 Å². The van der Waals surface area contributed by atoms with Crippen molar-refractivity contribution in [3.05, 3.63) is 12.2 Å². The van der Waals surface area contributed by atoms with E-state index in [1.165, 1.54) is 25.7 Å². The molecule has 0 aliphatic rings. The van der Waals surface area contributed by atoms with Crippen LogP contribution in [0.15, 0.2) is 12.2 Å². The number of likely N-dealkylation sites (N-methyl/N-ethyl adjacent to an activating group) is 1. The molecule has 0 aromatic rings. The van der Waals surface area contributed by atoms with Crippen molar-refractivity contribution in [2.45, 2.75) is 32.6 Å². The number of hydrogen-bond donors (Lipinski definition) is 0. The fourth-order valence-corrected chi connectivity index (χ4v) is 1.02. The normalized spacial score (nSPS) is 11.7. The van der Waals surface area contributed by atoms with Crippen LogP contribution in [0.2, 0.25) is 0 Å². The zero-order chi connectivity index (χ0) is 9.45. The molecule has 0 heterocycles. The summed E-state index contributed by atoms with van der Waals surface area (Å²) in [6, 6.07) is 0. The van der Waals surface area contributed by atoms with E-state index in [0.29, 0.717) is 0 Å². The monoisotopic (exact) mass is 249 g/mol. The van der Waals surface area contributed by atoms with Crippen LogP contribution in [-0.4, -0.2) is 32.2 Å². The average Bonchev–Trinajstić information content (AvgIpc) is 1.94. The molecule has 0 aliphatic carbocycles. The van der Waals surface area contributed by atoms with Gasteiger partial charge in [0.15, 0.2) is 0 Å². The first kappa shape index (κ1) is 15.6. The third kappa shape index (κ3) is 15.0. The first-order valence-corrected chi connectivity index (χ1v) is 5.01. The highest BCUT2D eigenvalue weighted by Gasteiger charge is 2.00. The number of nitrogens with zero attached hydrogens (tertiary/aromatic N) is 1. The van der Waals surface area contributed by atoms with Crippen LogP contribution in [0.25, 0.3) is 0 Å². The van der Waals surface area contributed by atoms with Crippen molar-refractivity contribution in [2.75, 3.05) is 27.7 Å². The van der Waals surface area contributed by atoms with Crippen molar-refractivity contribution in [1.82, 2.24) is 0 Å². The molecule has 80 valence electrons. The summed E-state index contributed by atoms with van der Waals surface area (Å²) in [5.41, 5.74) is 0. The van der Waals surface area contributed by atoms with Gasteiger partial charge in [0.2, 0.25) is 0 Å². The van der Waals surface area contributed by atoms with Gasteiger partial charge in [0.05, 0.1) is 27.7 Å². The topological polar surface area (TPSA) is 0 Å². The quantitative estimate of drug-likeness (QED) is 0.349. The van der Waals surface area contributed by atoms with Gasteiger partial charge in [-0.1, -0.05) is 25.8 Å². The molecular weight excluding hydrogens is 226 g/mol. The number of halogens is 1. The highest BCUT2D eigenvalue weighted by molar-refractivity contribution is 4.80. The average molecular weight is 250 g/mol. The molecule has 0 spiro atoms. The summed E-state index contributed by atoms with van der Waals surface area (Å²) < 4.78 is 1.03. The van der Waals surface area contributed by atoms with Crippen LogP contribution in [0.3, 0.4) is 0 Å². The standard InChI is InChI=1S/C11H24N.BrH/c1-5-6-7-8-9-10-11-12(2,3)4;/h9-10H,5-8,11H2,1-4H3;1H/q+1;/p-1/b10-9+;. The molecule has 0 bridgehead atoms. The van der Waals surface area contributed by atoms with E-state index in [2.05, 4.69) is 40.2 Å². The summed E-state index contributed by atoms with van der Waals surface area (Å²) in [4.78, 5) is 0. The highest BCUT2D eigenvalue weighted by Crippen LogP contribution is 2.00. The van der Waals surface area contributed by atoms with Crippen LogP contribution in [0.5, 0.6) is 0 Å². The maximum Gasteiger partial charge on any atom is 0.0967 e. The van der Waals surface area contributed by atoms with Gasteiger partial charge < -0.3 is 21.5 Å². The smallest absolute Gasteiger partial charge is 0.0967 e. The highest BCUT2D eigenvalue weighted by atomic mass is 79.9. The predicted molar refractivity (Wildman–Crippen MR) is 56.2 cm³/mol. The molecule has 0 unspecified atom stereocenters. The number of quaternary nitrogens is 1. The Labute approximate surface area is 94.2 Å². The minimum Gasteiger partial charge on any atom is -1.00 e. The van der Waals surface area contributed by atoms with Crippen molar-refractivity contribution < 1.29 is 21.5 Å². The van der Waals surface area contributed by atoms with E-state index in [9.17, 15) is 0 Å². The van der Waals surface area contributed by atoms with E-state index in [1.54, 1.807) is 0 Å². The van der Waals surface area contributed by atoms with Crippen molar-refractivity contribution in [3.8, 4) is 0 Å². The summed E-state index contributed by atoms with van der Waals surface area (Å²) in [6.07, 6.45) is 9.92. The SMILES string of the molecule is CCCCC/C=C/C[N+](C)(C)C.[Br-]. The maximum absolute atomic E-state index is 2.32. The summed E-state index contributed by atoms with van der Waals surface area (Å²) in [5.74, 6) is 0. The Morgan fingerprint density at radius 1 is 1.00 bits per heavy atom. The van der Waals surface area contributed by atoms with E-state index in [1.807, 2.05) is 0 Å². The van der Waals surface area contributed by atoms with Gasteiger partial charge in [-0.2, -0.15) is 0 Å². The molecule has 13 heavy (non-hydrogen) atoms. The Hall–Kier alpha value is 0.180. The molecule has 1 nitrogen and oxygen atoms in total. The number of unbranched alkanes of at least 4 members (excludes halogenated alkanes) is 3. The van der Waals surface area contributed by atoms with Crippen LogP contribution < -0.4 is 17.0 Å². The predicted octanol–water partition coefficient (Wildman–Crippen LogP) is -0.167. The molecule has 0 N–H and O–H groups in total. The molecule has 0 saturated carbocycles. The Bertz CT molecular complexity index is 125. The van der Waals surface area contributed by atoms with Crippen molar-refractivity contribution in [3.63, 3.8) is 0 Å². The van der Waals surface area contributed by atoms with Crippen LogP contribution in [0.4, 0.5) is 0 Å². The Morgan fingerprint density at radius 3 is 2.08 bits per heavy atom. The Morgan fingerprint density at radius 2 is 1.62 bits per heavy atom. The van der Waals surface area contributed by atoms with E-state index < -0.39 is 0 Å². The maximum atomic E-state index is 2.32. The Kier molecular flexibility index (Phi) is 10.5. The molecule has 0 aliphatic heterocycles. The van der Waals surface area contributed by atoms with Gasteiger partial charge in [0.1, 0.15) is 0 Å². The van der Waals surface area contributed by atoms with E-state index in [-0.39, 0.29) is 17.0 Å². The zero-order valence-corrected chi connectivity index (χ0v) is 11.1. The summed E-state index contributed by atoms with van der Waals surface area (Å²) in [5, 5.41) is 0. The van der Waals surface area contributed by atoms with Gasteiger partial charge in [-0.25, -0.2) is 0 Å². The molecular formula is C11H24BrN. The Balaban J connectivity index is 0. The second kappa shape index (κ2) is 8.76. The van der Waals surface area contributed by atoms with Crippen LogP contribution in [0, 0.1) is 0 Å². The summed E-state index contributed by atoms with van der Waals surface area (Å²) >= 11 is 0. The minimum absolute atomic E-state index is 0. The van der Waals surface area contributed by atoms with Gasteiger partial charge in [0.25, 0.3) is 0 Å². The third-order valence-electron chi connectivity index (χ3n) is 1.79. The molecule has 0 saturated heterocycles. The number of hydrogen-bond acceptors (Lipinski definition) is 0. The molecule has 0 fully saturated rings. The first-order chi connectivity index (χ1) is 5.56. The number of allylic oxidation sites excluding steroid dienone is 1. The largest absolute Gasteiger partial charge is 1.00 e. The minimum atomic E-state index is 0. The van der Waals surface area contributed by atoms with Crippen LogP contribution in [0.1, 0.15) is 32.6 Å². The lowest BCUT2D eigenvalue weighted by Gasteiger charge is -2.21. The molecule has 0 rings (SSSR count). The fourth-order valence-electron chi connectivity index (χ4n) is 1.02. The lowest BCUT2D eigenvalue weighted by atomic mass is 10.2. The molecule has 0 radical (unpaired) electrons. The second-order valence-electron chi connectivity index (χ2n) is 4.44. The summed E-state index contributed by atoms with van der Waals surface area (Å²) in [7, 11) is 6.66. The van der Waals surface area contributed by atoms with E-state index in [0.717, 1.165) is 11.0 Å². The first-order valence-electron chi connectivity index (χ1n) is 5.01. The van der Waals surface area contributed by atoms with E-state index >= 15 is 0 Å². The molecule has 0 amide bonds. The second-order valence-corrected chi connectivity index (χ2v) is 4.44. The summed E-state index contributed by atoms with van der Waals surface area (Å²) in [6.45, 7) is 3.39. The van der Waals surface area contributed by atoms with Crippen molar-refractivity contribution in [2.24, 2.45) is 0 Å². The molecule has 0 atom stereocenters. The van der Waals surface area contributed by atoms with Gasteiger partial charge in [0, 0.05) is 0 Å². The molecule has 0 aromatic carbocycles. The van der Waals surface area contributed by atoms with Gasteiger partial charge in [-0.3, -0.25) is 0 Å². The van der Waals surface area contributed by atoms with Crippen molar-refractivity contribution >= 4 is 0 Å². The third-order valence-corrected chi connectivity index (χ3v) is 1.79. The lowest BCUT2D eigenvalue weighted by Crippen LogP contribution is -3.00.